The molecular formula is C36H42N2O3. The van der Waals surface area contributed by atoms with Gasteiger partial charge in [0.2, 0.25) is 5.60 Å². The van der Waals surface area contributed by atoms with Gasteiger partial charge in [-0.15, -0.1) is 0 Å². The van der Waals surface area contributed by atoms with Gasteiger partial charge in [-0.1, -0.05) is 109 Å². The third kappa shape index (κ3) is 7.70. The summed E-state index contributed by atoms with van der Waals surface area (Å²) in [5, 5.41) is 28.8. The number of hydrogen-bond donors (Lipinski definition) is 4. The Labute approximate surface area is 244 Å². The molecule has 4 atom stereocenters. The molecule has 4 aromatic rings. The second kappa shape index (κ2) is 13.7. The molecule has 5 heteroatoms. The average Bonchev–Trinajstić information content (AvgIpc) is 2.98. The molecular weight excluding hydrogens is 508 g/mol. The summed E-state index contributed by atoms with van der Waals surface area (Å²) in [6.45, 7) is 8.58. The number of carboxylic acids is 1. The number of rotatable bonds is 13. The van der Waals surface area contributed by atoms with E-state index in [0.29, 0.717) is 11.1 Å². The molecule has 0 aliphatic heterocycles. The molecule has 0 aromatic heterocycles. The molecule has 0 spiro atoms. The fourth-order valence-corrected chi connectivity index (χ4v) is 5.53. The largest absolute Gasteiger partial charge is 0.479 e. The van der Waals surface area contributed by atoms with Gasteiger partial charge in [0.25, 0.3) is 0 Å². The fraction of sp³-hybridized carbons (Fsp3) is 0.306. The fourth-order valence-electron chi connectivity index (χ4n) is 5.53. The number of carbonyl (C=O) groups is 1. The van der Waals surface area contributed by atoms with Crippen molar-refractivity contribution in [3.05, 3.63) is 143 Å². The number of hydrogen-bond acceptors (Lipinski definition) is 4. The minimum Gasteiger partial charge on any atom is -0.479 e. The molecule has 0 radical (unpaired) electrons. The predicted molar refractivity (Wildman–Crippen MR) is 166 cm³/mol. The normalized spacial score (nSPS) is 15.8. The molecule has 0 fully saturated rings. The highest BCUT2D eigenvalue weighted by molar-refractivity contribution is 5.83. The summed E-state index contributed by atoms with van der Waals surface area (Å²) in [5.41, 5.74) is 3.16. The molecule has 4 aromatic carbocycles. The SMILES string of the molecule is CC(Cc1ccc(C(O)(C(=O)O)c2ccc(CC(C)NC(C)c3ccccc3)cc2)cc1)NC(C)c1ccccc1. The number of aliphatic carboxylic acids is 1. The van der Waals surface area contributed by atoms with Crippen LogP contribution in [0.4, 0.5) is 0 Å². The molecule has 0 aliphatic rings. The van der Waals surface area contributed by atoms with Crippen molar-refractivity contribution >= 4 is 5.97 Å². The van der Waals surface area contributed by atoms with Gasteiger partial charge < -0.3 is 20.8 Å². The van der Waals surface area contributed by atoms with E-state index in [9.17, 15) is 15.0 Å². The molecule has 0 bridgehead atoms. The minimum absolute atomic E-state index is 0.217. The molecule has 4 rings (SSSR count). The van der Waals surface area contributed by atoms with Crippen LogP contribution in [0.1, 0.15) is 73.2 Å². The maximum atomic E-state index is 12.4. The summed E-state index contributed by atoms with van der Waals surface area (Å²) in [7, 11) is 0. The number of aliphatic hydroxyl groups is 1. The zero-order valence-electron chi connectivity index (χ0n) is 24.4. The highest BCUT2D eigenvalue weighted by atomic mass is 16.4. The van der Waals surface area contributed by atoms with E-state index in [1.807, 2.05) is 60.7 Å². The lowest BCUT2D eigenvalue weighted by Crippen LogP contribution is -2.37. The molecule has 0 amide bonds. The highest BCUT2D eigenvalue weighted by Gasteiger charge is 2.40. The smallest absolute Gasteiger partial charge is 0.345 e. The predicted octanol–water partition coefficient (Wildman–Crippen LogP) is 6.57. The van der Waals surface area contributed by atoms with Crippen LogP contribution in [0, 0.1) is 0 Å². The van der Waals surface area contributed by atoms with Crippen LogP contribution in [0.15, 0.2) is 109 Å². The molecule has 41 heavy (non-hydrogen) atoms. The summed E-state index contributed by atoms with van der Waals surface area (Å²) in [6, 6.07) is 36.0. The Balaban J connectivity index is 1.40. The molecule has 214 valence electrons. The Morgan fingerprint density at radius 3 is 1.27 bits per heavy atom. The van der Waals surface area contributed by atoms with Crippen LogP contribution in [0.25, 0.3) is 0 Å². The van der Waals surface area contributed by atoms with E-state index in [-0.39, 0.29) is 24.2 Å². The Hall–Kier alpha value is -3.77. The van der Waals surface area contributed by atoms with Crippen molar-refractivity contribution in [2.24, 2.45) is 0 Å². The highest BCUT2D eigenvalue weighted by Crippen LogP contribution is 2.31. The van der Waals surface area contributed by atoms with Crippen molar-refractivity contribution in [1.82, 2.24) is 10.6 Å². The van der Waals surface area contributed by atoms with Crippen LogP contribution >= 0.6 is 0 Å². The van der Waals surface area contributed by atoms with Crippen molar-refractivity contribution in [3.63, 3.8) is 0 Å². The van der Waals surface area contributed by atoms with Gasteiger partial charge in [0.05, 0.1) is 0 Å². The zero-order valence-corrected chi connectivity index (χ0v) is 24.4. The number of nitrogens with one attached hydrogen (secondary N) is 2. The van der Waals surface area contributed by atoms with Gasteiger partial charge in [-0.2, -0.15) is 0 Å². The van der Waals surface area contributed by atoms with Crippen molar-refractivity contribution < 1.29 is 15.0 Å². The van der Waals surface area contributed by atoms with Gasteiger partial charge >= 0.3 is 5.97 Å². The van der Waals surface area contributed by atoms with Gasteiger partial charge in [-0.3, -0.25) is 0 Å². The zero-order chi connectivity index (χ0) is 29.4. The third-order valence-corrected chi connectivity index (χ3v) is 7.80. The standard InChI is InChI=1S/C36H42N2O3/c1-25(37-27(3)31-11-7-5-8-12-31)23-29-15-19-33(20-16-29)36(41,35(39)40)34-21-17-30(18-22-34)24-26(2)38-28(4)32-13-9-6-10-14-32/h5-22,25-28,37-38,41H,23-24H2,1-4H3,(H,39,40). The van der Waals surface area contributed by atoms with Crippen LogP contribution in [-0.4, -0.2) is 28.3 Å². The average molecular weight is 551 g/mol. The topological polar surface area (TPSA) is 81.6 Å². The van der Waals surface area contributed by atoms with Crippen molar-refractivity contribution in [3.8, 4) is 0 Å². The second-order valence-corrected chi connectivity index (χ2v) is 11.2. The molecule has 0 aliphatic carbocycles. The van der Waals surface area contributed by atoms with E-state index >= 15 is 0 Å². The lowest BCUT2D eigenvalue weighted by molar-refractivity contribution is -0.155. The van der Waals surface area contributed by atoms with Gasteiger partial charge in [-0.05, 0) is 73.9 Å². The van der Waals surface area contributed by atoms with E-state index < -0.39 is 11.6 Å². The van der Waals surface area contributed by atoms with Crippen LogP contribution in [-0.2, 0) is 23.2 Å². The third-order valence-electron chi connectivity index (χ3n) is 7.80. The molecule has 4 unspecified atom stereocenters. The summed E-state index contributed by atoms with van der Waals surface area (Å²) in [6.07, 6.45) is 1.57. The monoisotopic (exact) mass is 550 g/mol. The van der Waals surface area contributed by atoms with E-state index in [1.165, 1.54) is 11.1 Å². The summed E-state index contributed by atoms with van der Waals surface area (Å²) < 4.78 is 0. The second-order valence-electron chi connectivity index (χ2n) is 11.2. The van der Waals surface area contributed by atoms with Gasteiger partial charge in [0, 0.05) is 24.2 Å². The first kappa shape index (κ1) is 30.2. The first-order valence-corrected chi connectivity index (χ1v) is 14.4. The summed E-state index contributed by atoms with van der Waals surface area (Å²) in [5.74, 6) is -1.29. The number of carboxylic acid groups (broad SMARTS) is 1. The molecule has 0 saturated heterocycles. The minimum atomic E-state index is -2.13. The van der Waals surface area contributed by atoms with E-state index in [2.05, 4.69) is 62.6 Å². The maximum Gasteiger partial charge on any atom is 0.345 e. The van der Waals surface area contributed by atoms with Crippen molar-refractivity contribution in [2.75, 3.05) is 0 Å². The molecule has 0 heterocycles. The van der Waals surface area contributed by atoms with Gasteiger partial charge in [-0.25, -0.2) is 4.79 Å². The Kier molecular flexibility index (Phi) is 10.1. The molecule has 0 saturated carbocycles. The van der Waals surface area contributed by atoms with Crippen LogP contribution in [0.3, 0.4) is 0 Å². The van der Waals surface area contributed by atoms with Gasteiger partial charge in [0.15, 0.2) is 0 Å². The first-order valence-electron chi connectivity index (χ1n) is 14.4. The Bertz CT molecular complexity index is 1270. The van der Waals surface area contributed by atoms with E-state index in [4.69, 9.17) is 0 Å². The van der Waals surface area contributed by atoms with Crippen LogP contribution in [0.5, 0.6) is 0 Å². The lowest BCUT2D eigenvalue weighted by atomic mass is 9.85. The quantitative estimate of drug-likeness (QED) is 0.151. The van der Waals surface area contributed by atoms with Crippen LogP contribution < -0.4 is 10.6 Å². The Morgan fingerprint density at radius 1 is 0.610 bits per heavy atom. The van der Waals surface area contributed by atoms with E-state index in [0.717, 1.165) is 24.0 Å². The molecule has 5 nitrogen and oxygen atoms in total. The molecule has 4 N–H and O–H groups in total. The first-order chi connectivity index (χ1) is 19.7. The lowest BCUT2D eigenvalue weighted by Gasteiger charge is -2.26. The maximum absolute atomic E-state index is 12.4. The number of benzene rings is 4. The van der Waals surface area contributed by atoms with Crippen molar-refractivity contribution in [1.29, 1.82) is 0 Å². The Morgan fingerprint density at radius 2 is 0.951 bits per heavy atom. The van der Waals surface area contributed by atoms with Crippen LogP contribution in [0.2, 0.25) is 0 Å². The van der Waals surface area contributed by atoms with Gasteiger partial charge in [0.1, 0.15) is 0 Å². The van der Waals surface area contributed by atoms with E-state index in [1.54, 1.807) is 24.3 Å². The van der Waals surface area contributed by atoms with Crippen molar-refractivity contribution in [2.45, 2.75) is 70.3 Å². The summed E-state index contributed by atoms with van der Waals surface area (Å²) in [4.78, 5) is 12.4. The summed E-state index contributed by atoms with van der Waals surface area (Å²) >= 11 is 0.